The van der Waals surface area contributed by atoms with E-state index in [4.69, 9.17) is 0 Å². The van der Waals surface area contributed by atoms with E-state index in [0.717, 1.165) is 17.2 Å². The maximum absolute atomic E-state index is 9.69. The number of aryl methyl sites for hydroxylation is 2. The van der Waals surface area contributed by atoms with Crippen LogP contribution in [0.5, 0.6) is 0 Å². The number of nitrogens with zero attached hydrogens (tertiary/aromatic N) is 1. The van der Waals surface area contributed by atoms with Gasteiger partial charge in [0.2, 0.25) is 0 Å². The van der Waals surface area contributed by atoms with E-state index >= 15 is 0 Å². The van der Waals surface area contributed by atoms with Gasteiger partial charge in [0.15, 0.2) is 0 Å². The average molecular weight is 198 g/mol. The van der Waals surface area contributed by atoms with Crippen molar-refractivity contribution in [3.63, 3.8) is 0 Å². The summed E-state index contributed by atoms with van der Waals surface area (Å²) in [5, 5.41) is 14.0. The second-order valence-corrected chi connectivity index (χ2v) is 4.75. The molecule has 0 saturated carbocycles. The van der Waals surface area contributed by atoms with Crippen molar-refractivity contribution in [2.45, 2.75) is 25.9 Å². The summed E-state index contributed by atoms with van der Waals surface area (Å²) in [5.41, 5.74) is 1.08. The highest BCUT2D eigenvalue weighted by Gasteiger charge is 2.29. The van der Waals surface area contributed by atoms with Crippen LogP contribution in [-0.4, -0.2) is 29.3 Å². The lowest BCUT2D eigenvalue weighted by atomic mass is 10.0. The molecule has 1 aliphatic heterocycles. The molecule has 1 fully saturated rings. The van der Waals surface area contributed by atoms with Gasteiger partial charge in [0.25, 0.3) is 0 Å². The zero-order valence-corrected chi connectivity index (χ0v) is 8.69. The van der Waals surface area contributed by atoms with Crippen LogP contribution in [-0.2, 0) is 0 Å². The zero-order valence-electron chi connectivity index (χ0n) is 7.87. The third-order valence-electron chi connectivity index (χ3n) is 2.46. The van der Waals surface area contributed by atoms with Gasteiger partial charge in [0.1, 0.15) is 0 Å². The molecule has 2 rings (SSSR count). The van der Waals surface area contributed by atoms with Gasteiger partial charge in [-0.2, -0.15) is 0 Å². The van der Waals surface area contributed by atoms with Crippen LogP contribution in [0.1, 0.15) is 21.5 Å². The topological polar surface area (TPSA) is 45.2 Å². The van der Waals surface area contributed by atoms with Gasteiger partial charge in [-0.15, -0.1) is 11.3 Å². The summed E-state index contributed by atoms with van der Waals surface area (Å²) in [7, 11) is 0. The van der Waals surface area contributed by atoms with Crippen molar-refractivity contribution < 1.29 is 5.11 Å². The first-order valence-corrected chi connectivity index (χ1v) is 5.33. The summed E-state index contributed by atoms with van der Waals surface area (Å²) in [6, 6.07) is 0. The summed E-state index contributed by atoms with van der Waals surface area (Å²) in [5.74, 6) is 0.256. The number of hydrogen-bond donors (Lipinski definition) is 2. The Hall–Kier alpha value is -0.450. The van der Waals surface area contributed by atoms with Gasteiger partial charge in [-0.3, -0.25) is 0 Å². The molecule has 2 atom stereocenters. The minimum atomic E-state index is -0.237. The van der Waals surface area contributed by atoms with Crippen molar-refractivity contribution in [1.29, 1.82) is 0 Å². The molecule has 4 heteroatoms. The molecule has 2 heterocycles. The Morgan fingerprint density at radius 1 is 1.46 bits per heavy atom. The highest BCUT2D eigenvalue weighted by atomic mass is 32.1. The predicted octanol–water partition coefficient (Wildman–Crippen LogP) is 0.808. The molecule has 0 bridgehead atoms. The third-order valence-corrected chi connectivity index (χ3v) is 3.66. The average Bonchev–Trinajstić information content (AvgIpc) is 2.58. The first kappa shape index (κ1) is 9.12. The highest BCUT2D eigenvalue weighted by Crippen LogP contribution is 2.30. The molecule has 0 unspecified atom stereocenters. The van der Waals surface area contributed by atoms with Crippen LogP contribution < -0.4 is 5.32 Å². The quantitative estimate of drug-likeness (QED) is 0.702. The fraction of sp³-hybridized carbons (Fsp3) is 0.667. The number of thiazole rings is 1. The number of aliphatic hydroxyl groups is 1. The molecule has 0 aromatic carbocycles. The molecule has 1 saturated heterocycles. The molecule has 1 aliphatic rings. The number of nitrogens with one attached hydrogen (secondary N) is 1. The molecular weight excluding hydrogens is 184 g/mol. The van der Waals surface area contributed by atoms with Crippen LogP contribution in [0.15, 0.2) is 0 Å². The van der Waals surface area contributed by atoms with Gasteiger partial charge >= 0.3 is 0 Å². The van der Waals surface area contributed by atoms with Crippen molar-refractivity contribution >= 4 is 11.3 Å². The molecule has 0 aliphatic carbocycles. The van der Waals surface area contributed by atoms with E-state index in [1.807, 2.05) is 13.8 Å². The van der Waals surface area contributed by atoms with E-state index < -0.39 is 0 Å². The van der Waals surface area contributed by atoms with E-state index in [-0.39, 0.29) is 12.0 Å². The Morgan fingerprint density at radius 3 is 2.69 bits per heavy atom. The summed E-state index contributed by atoms with van der Waals surface area (Å²) in [6.45, 7) is 5.62. The molecule has 0 radical (unpaired) electrons. The first-order chi connectivity index (χ1) is 6.18. The van der Waals surface area contributed by atoms with E-state index in [9.17, 15) is 5.11 Å². The van der Waals surface area contributed by atoms with Crippen LogP contribution in [0, 0.1) is 13.8 Å². The molecule has 3 nitrogen and oxygen atoms in total. The lowest BCUT2D eigenvalue weighted by Crippen LogP contribution is -2.15. The van der Waals surface area contributed by atoms with Gasteiger partial charge in [-0.25, -0.2) is 4.98 Å². The van der Waals surface area contributed by atoms with Gasteiger partial charge in [-0.1, -0.05) is 0 Å². The SMILES string of the molecule is Cc1nc(C)c([C@@H]2CNC[C@H]2O)s1. The Balaban J connectivity index is 2.28. The van der Waals surface area contributed by atoms with Gasteiger partial charge in [-0.05, 0) is 13.8 Å². The van der Waals surface area contributed by atoms with Gasteiger partial charge in [0, 0.05) is 23.9 Å². The molecule has 72 valence electrons. The minimum absolute atomic E-state index is 0.237. The Kier molecular flexibility index (Phi) is 2.36. The summed E-state index contributed by atoms with van der Waals surface area (Å²) < 4.78 is 0. The smallest absolute Gasteiger partial charge is 0.0900 e. The van der Waals surface area contributed by atoms with Crippen molar-refractivity contribution in [3.8, 4) is 0 Å². The molecule has 0 amide bonds. The van der Waals surface area contributed by atoms with Crippen LogP contribution in [0.25, 0.3) is 0 Å². The van der Waals surface area contributed by atoms with Gasteiger partial charge in [0.05, 0.1) is 16.8 Å². The fourth-order valence-electron chi connectivity index (χ4n) is 1.82. The monoisotopic (exact) mass is 198 g/mol. The highest BCUT2D eigenvalue weighted by molar-refractivity contribution is 7.11. The molecule has 13 heavy (non-hydrogen) atoms. The number of aliphatic hydroxyl groups excluding tert-OH is 1. The summed E-state index contributed by atoms with van der Waals surface area (Å²) in [6.07, 6.45) is -0.237. The molecule has 1 aromatic rings. The lowest BCUT2D eigenvalue weighted by molar-refractivity contribution is 0.178. The van der Waals surface area contributed by atoms with E-state index in [0.29, 0.717) is 6.54 Å². The second kappa shape index (κ2) is 3.36. The molecular formula is C9H14N2OS. The van der Waals surface area contributed by atoms with Crippen LogP contribution in [0.4, 0.5) is 0 Å². The van der Waals surface area contributed by atoms with Crippen LogP contribution in [0.3, 0.4) is 0 Å². The molecule has 2 N–H and O–H groups in total. The standard InChI is InChI=1S/C9H14N2OS/c1-5-9(13-6(2)11-5)7-3-10-4-8(7)12/h7-8,10,12H,3-4H2,1-2H3/t7-,8-/m1/s1. The Bertz CT molecular complexity index is 311. The van der Waals surface area contributed by atoms with Crippen LogP contribution >= 0.6 is 11.3 Å². The van der Waals surface area contributed by atoms with Crippen molar-refractivity contribution in [3.05, 3.63) is 15.6 Å². The Labute approximate surface area is 81.8 Å². The largest absolute Gasteiger partial charge is 0.391 e. The number of β-amino-alcohol motifs (C(OH)–C–C–N with tert-alkyl or cyclic N) is 1. The fourth-order valence-corrected chi connectivity index (χ4v) is 2.91. The van der Waals surface area contributed by atoms with Crippen molar-refractivity contribution in [2.24, 2.45) is 0 Å². The number of hydrogen-bond acceptors (Lipinski definition) is 4. The minimum Gasteiger partial charge on any atom is -0.391 e. The first-order valence-electron chi connectivity index (χ1n) is 4.51. The van der Waals surface area contributed by atoms with Crippen LogP contribution in [0.2, 0.25) is 0 Å². The van der Waals surface area contributed by atoms with E-state index in [1.54, 1.807) is 11.3 Å². The normalized spacial score (nSPS) is 28.2. The lowest BCUT2D eigenvalue weighted by Gasteiger charge is -2.11. The summed E-state index contributed by atoms with van der Waals surface area (Å²) in [4.78, 5) is 5.62. The molecule has 1 aromatic heterocycles. The van der Waals surface area contributed by atoms with Gasteiger partial charge < -0.3 is 10.4 Å². The zero-order chi connectivity index (χ0) is 9.42. The van der Waals surface area contributed by atoms with Crippen molar-refractivity contribution in [2.75, 3.05) is 13.1 Å². The third kappa shape index (κ3) is 1.61. The molecule has 0 spiro atoms. The van der Waals surface area contributed by atoms with E-state index in [2.05, 4.69) is 10.3 Å². The predicted molar refractivity (Wildman–Crippen MR) is 53.2 cm³/mol. The van der Waals surface area contributed by atoms with Crippen molar-refractivity contribution in [1.82, 2.24) is 10.3 Å². The maximum Gasteiger partial charge on any atom is 0.0900 e. The number of rotatable bonds is 1. The summed E-state index contributed by atoms with van der Waals surface area (Å²) >= 11 is 1.70. The maximum atomic E-state index is 9.69. The number of aromatic nitrogens is 1. The Morgan fingerprint density at radius 2 is 2.23 bits per heavy atom. The van der Waals surface area contributed by atoms with E-state index in [1.165, 1.54) is 4.88 Å². The second-order valence-electron chi connectivity index (χ2n) is 3.51.